The van der Waals surface area contributed by atoms with Crippen molar-refractivity contribution >= 4 is 16.6 Å². The molecule has 0 amide bonds. The van der Waals surface area contributed by atoms with E-state index in [2.05, 4.69) is 4.90 Å². The number of nitrogens with two attached hydrogens (primary N) is 1. The molecule has 1 aliphatic carbocycles. The van der Waals surface area contributed by atoms with Gasteiger partial charge in [-0.25, -0.2) is 4.39 Å². The molecule has 1 saturated carbocycles. The van der Waals surface area contributed by atoms with Crippen LogP contribution in [0.4, 0.5) is 10.1 Å². The van der Waals surface area contributed by atoms with Crippen molar-refractivity contribution in [1.29, 1.82) is 0 Å². The van der Waals surface area contributed by atoms with Gasteiger partial charge in [-0.15, -0.1) is 0 Å². The van der Waals surface area contributed by atoms with E-state index in [1.165, 1.54) is 6.07 Å². The van der Waals surface area contributed by atoms with Gasteiger partial charge < -0.3 is 24.8 Å². The van der Waals surface area contributed by atoms with Gasteiger partial charge in [0, 0.05) is 43.2 Å². The maximum absolute atomic E-state index is 15.4. The van der Waals surface area contributed by atoms with E-state index in [4.69, 9.17) is 10.5 Å². The minimum absolute atomic E-state index is 0.0691. The van der Waals surface area contributed by atoms with Gasteiger partial charge in [0.05, 0.1) is 11.2 Å². The highest BCUT2D eigenvalue weighted by molar-refractivity contribution is 5.92. The zero-order valence-electron chi connectivity index (χ0n) is 18.4. The largest absolute Gasteiger partial charge is 0.491 e. The average Bonchev–Trinajstić information content (AvgIpc) is 3.38. The molecule has 1 saturated heterocycles. The molecule has 2 aromatic rings. The smallest absolute Gasteiger partial charge is 0.255 e. The number of benzene rings is 1. The number of rotatable bonds is 7. The Hall–Kier alpha value is -2.12. The zero-order valence-corrected chi connectivity index (χ0v) is 18.4. The summed E-state index contributed by atoms with van der Waals surface area (Å²) in [6.07, 6.45) is 2.93. The fourth-order valence-corrected chi connectivity index (χ4v) is 4.59. The molecule has 6 nitrogen and oxygen atoms in total. The van der Waals surface area contributed by atoms with Crippen molar-refractivity contribution in [2.24, 2.45) is 11.7 Å². The average molecular weight is 417 g/mol. The molecule has 2 N–H and O–H groups in total. The third-order valence-corrected chi connectivity index (χ3v) is 6.45. The van der Waals surface area contributed by atoms with Crippen molar-refractivity contribution in [3.63, 3.8) is 0 Å². The predicted octanol–water partition coefficient (Wildman–Crippen LogP) is 2.90. The van der Waals surface area contributed by atoms with Crippen molar-refractivity contribution in [3.05, 3.63) is 33.9 Å². The molecule has 0 spiro atoms. The Bertz CT molecular complexity index is 997. The van der Waals surface area contributed by atoms with Crippen LogP contribution in [0, 0.1) is 18.7 Å². The number of nitrogens with zero attached hydrogens (tertiary/aromatic N) is 3. The summed E-state index contributed by atoms with van der Waals surface area (Å²) in [4.78, 5) is 17.1. The monoisotopic (exact) mass is 416 g/mol. The molecule has 2 aliphatic rings. The van der Waals surface area contributed by atoms with Gasteiger partial charge in [-0.3, -0.25) is 4.79 Å². The second-order valence-corrected chi connectivity index (χ2v) is 9.18. The summed E-state index contributed by atoms with van der Waals surface area (Å²) in [6, 6.07) is 3.36. The van der Waals surface area contributed by atoms with Gasteiger partial charge in [-0.2, -0.15) is 0 Å². The molecule has 2 atom stereocenters. The molecule has 4 rings (SSSR count). The summed E-state index contributed by atoms with van der Waals surface area (Å²) in [5.41, 5.74) is 8.26. The normalized spacial score (nSPS) is 20.4. The van der Waals surface area contributed by atoms with Gasteiger partial charge >= 0.3 is 0 Å². The van der Waals surface area contributed by atoms with Crippen LogP contribution >= 0.6 is 0 Å². The molecule has 0 radical (unpaired) electrons. The summed E-state index contributed by atoms with van der Waals surface area (Å²) >= 11 is 0. The molecule has 7 heteroatoms. The molecular formula is C23H33FN4O2. The number of hydrogen-bond donors (Lipinski definition) is 1. The molecule has 0 bridgehead atoms. The summed E-state index contributed by atoms with van der Waals surface area (Å²) < 4.78 is 23.2. The Kier molecular flexibility index (Phi) is 5.77. The van der Waals surface area contributed by atoms with Gasteiger partial charge in [0.1, 0.15) is 18.2 Å². The van der Waals surface area contributed by atoms with E-state index in [9.17, 15) is 4.79 Å². The van der Waals surface area contributed by atoms with Crippen LogP contribution in [0.25, 0.3) is 10.9 Å². The summed E-state index contributed by atoms with van der Waals surface area (Å²) in [5, 5.41) is 0.682. The first-order chi connectivity index (χ1) is 14.3. The van der Waals surface area contributed by atoms with E-state index in [0.717, 1.165) is 50.0 Å². The van der Waals surface area contributed by atoms with Crippen LogP contribution in [0.15, 0.2) is 16.9 Å². The number of likely N-dealkylation sites (N-methyl/N-ethyl adjacent to an activating group) is 1. The van der Waals surface area contributed by atoms with Gasteiger partial charge in [0.2, 0.25) is 0 Å². The number of anilines is 1. The van der Waals surface area contributed by atoms with E-state index >= 15 is 4.39 Å². The van der Waals surface area contributed by atoms with Crippen LogP contribution in [-0.4, -0.2) is 55.8 Å². The highest BCUT2D eigenvalue weighted by Crippen LogP contribution is 2.42. The quantitative estimate of drug-likeness (QED) is 0.752. The molecule has 2 fully saturated rings. The summed E-state index contributed by atoms with van der Waals surface area (Å²) in [5.74, 6) is 0.562. The van der Waals surface area contributed by atoms with Crippen molar-refractivity contribution < 1.29 is 9.13 Å². The third-order valence-electron chi connectivity index (χ3n) is 6.45. The summed E-state index contributed by atoms with van der Waals surface area (Å²) in [6.45, 7) is 6.64. The van der Waals surface area contributed by atoms with E-state index in [1.807, 2.05) is 37.4 Å². The number of hydrogen-bond acceptors (Lipinski definition) is 5. The van der Waals surface area contributed by atoms with Crippen molar-refractivity contribution in [2.45, 2.75) is 45.2 Å². The highest BCUT2D eigenvalue weighted by Gasteiger charge is 2.32. The predicted molar refractivity (Wildman–Crippen MR) is 119 cm³/mol. The molecule has 30 heavy (non-hydrogen) atoms. The maximum Gasteiger partial charge on any atom is 0.255 e. The number of aryl methyl sites for hydroxylation is 1. The number of halogens is 1. The first kappa shape index (κ1) is 21.1. The van der Waals surface area contributed by atoms with Crippen LogP contribution in [-0.2, 0) is 0 Å². The first-order valence-corrected chi connectivity index (χ1v) is 10.9. The van der Waals surface area contributed by atoms with Gasteiger partial charge in [0.15, 0.2) is 0 Å². The lowest BCUT2D eigenvalue weighted by molar-refractivity contribution is 0.263. The topological polar surface area (TPSA) is 63.7 Å². The lowest BCUT2D eigenvalue weighted by atomic mass is 10.0. The van der Waals surface area contributed by atoms with Crippen LogP contribution < -0.4 is 20.9 Å². The Balaban J connectivity index is 1.82. The van der Waals surface area contributed by atoms with Crippen LogP contribution in [0.3, 0.4) is 0 Å². The number of aromatic nitrogens is 1. The second-order valence-electron chi connectivity index (χ2n) is 9.18. The standard InChI is InChI=1S/C23H33FN4O2/c1-14-22-18(11-19(24)23(14)27-8-7-16(13-27)15(2)25)20(30-10-9-26(3)4)12-21(29)28(22)17-5-6-17/h11-12,15-17H,5-10,13,25H2,1-4H3/t15-,16+/m0/s1. The van der Waals surface area contributed by atoms with Gasteiger partial charge in [-0.1, -0.05) is 0 Å². The Morgan fingerprint density at radius 1 is 1.30 bits per heavy atom. The fraction of sp³-hybridized carbons (Fsp3) is 0.609. The van der Waals surface area contributed by atoms with Crippen LogP contribution in [0.5, 0.6) is 5.75 Å². The van der Waals surface area contributed by atoms with Gasteiger partial charge in [-0.05, 0) is 64.8 Å². The lowest BCUT2D eigenvalue weighted by Crippen LogP contribution is -2.30. The highest BCUT2D eigenvalue weighted by atomic mass is 19.1. The van der Waals surface area contributed by atoms with E-state index < -0.39 is 0 Å². The Morgan fingerprint density at radius 2 is 2.03 bits per heavy atom. The van der Waals surface area contributed by atoms with Crippen LogP contribution in [0.2, 0.25) is 0 Å². The Morgan fingerprint density at radius 3 is 2.63 bits per heavy atom. The van der Waals surface area contributed by atoms with Crippen molar-refractivity contribution in [2.75, 3.05) is 45.2 Å². The van der Waals surface area contributed by atoms with E-state index in [-0.39, 0.29) is 23.5 Å². The second kappa shape index (κ2) is 8.19. The molecule has 1 aromatic heterocycles. The Labute approximate surface area is 177 Å². The zero-order chi connectivity index (χ0) is 21.6. The minimum atomic E-state index is -0.260. The number of ether oxygens (including phenoxy) is 1. The maximum atomic E-state index is 15.4. The number of pyridine rings is 1. The summed E-state index contributed by atoms with van der Waals surface area (Å²) in [7, 11) is 3.93. The van der Waals surface area contributed by atoms with Crippen LogP contribution in [0.1, 0.15) is 37.8 Å². The van der Waals surface area contributed by atoms with E-state index in [1.54, 1.807) is 6.07 Å². The SMILES string of the molecule is Cc1c(N2CC[C@@H]([C@H](C)N)C2)c(F)cc2c(OCCN(C)C)cc(=O)n(C3CC3)c12. The molecule has 1 aliphatic heterocycles. The molecule has 164 valence electrons. The lowest BCUT2D eigenvalue weighted by Gasteiger charge is -2.25. The number of fused-ring (bicyclic) bond motifs is 1. The fourth-order valence-electron chi connectivity index (χ4n) is 4.59. The van der Waals surface area contributed by atoms with Gasteiger partial charge in [0.25, 0.3) is 5.56 Å². The first-order valence-electron chi connectivity index (χ1n) is 10.9. The van der Waals surface area contributed by atoms with Crippen molar-refractivity contribution in [3.8, 4) is 5.75 Å². The molecule has 1 aromatic carbocycles. The van der Waals surface area contributed by atoms with Crippen molar-refractivity contribution in [1.82, 2.24) is 9.47 Å². The molecule has 0 unspecified atom stereocenters. The van der Waals surface area contributed by atoms with E-state index in [0.29, 0.717) is 29.3 Å². The third kappa shape index (κ3) is 3.93. The minimum Gasteiger partial charge on any atom is -0.491 e. The molecule has 2 heterocycles. The molecular weight excluding hydrogens is 383 g/mol.